The number of piperidine rings is 2. The average molecular weight is 358 g/mol. The SMILES string of the molecule is O=C1CC2CC(C(=O)O)CC(C1)N2S(=O)(=O)c1ccc(Cl)cc1. The molecule has 0 aromatic heterocycles. The molecule has 2 aliphatic heterocycles. The highest BCUT2D eigenvalue weighted by molar-refractivity contribution is 7.89. The van der Waals surface area contributed by atoms with E-state index in [1.165, 1.54) is 28.6 Å². The summed E-state index contributed by atoms with van der Waals surface area (Å²) in [5, 5.41) is 9.66. The number of carboxylic acid groups (broad SMARTS) is 1. The number of sulfonamides is 1. The van der Waals surface area contributed by atoms with Crippen molar-refractivity contribution in [1.29, 1.82) is 0 Å². The number of nitrogens with zero attached hydrogens (tertiary/aromatic N) is 1. The summed E-state index contributed by atoms with van der Waals surface area (Å²) < 4.78 is 27.2. The lowest BCUT2D eigenvalue weighted by atomic mass is 9.80. The second-order valence-electron chi connectivity index (χ2n) is 6.05. The van der Waals surface area contributed by atoms with Gasteiger partial charge in [0, 0.05) is 29.9 Å². The third-order valence-corrected chi connectivity index (χ3v) is 6.77. The van der Waals surface area contributed by atoms with E-state index in [0.29, 0.717) is 5.02 Å². The summed E-state index contributed by atoms with van der Waals surface area (Å²) in [5.74, 6) is -1.54. The number of Topliss-reactive ketones (excluding diaryl/α,β-unsaturated/α-hetero) is 1. The largest absolute Gasteiger partial charge is 0.481 e. The zero-order valence-electron chi connectivity index (χ0n) is 12.2. The Labute approximate surface area is 139 Å². The Kier molecular flexibility index (Phi) is 4.20. The van der Waals surface area contributed by atoms with Crippen molar-refractivity contribution in [2.75, 3.05) is 0 Å². The fourth-order valence-corrected chi connectivity index (χ4v) is 5.49. The lowest BCUT2D eigenvalue weighted by molar-refractivity contribution is -0.146. The molecule has 2 aliphatic rings. The molecule has 2 bridgehead atoms. The van der Waals surface area contributed by atoms with Gasteiger partial charge >= 0.3 is 5.97 Å². The first-order valence-electron chi connectivity index (χ1n) is 7.32. The van der Waals surface area contributed by atoms with Crippen molar-refractivity contribution in [1.82, 2.24) is 4.31 Å². The number of carboxylic acids is 1. The van der Waals surface area contributed by atoms with Gasteiger partial charge < -0.3 is 5.11 Å². The minimum absolute atomic E-state index is 0.00797. The van der Waals surface area contributed by atoms with Crippen molar-refractivity contribution in [2.45, 2.75) is 42.7 Å². The van der Waals surface area contributed by atoms with E-state index in [2.05, 4.69) is 0 Å². The monoisotopic (exact) mass is 357 g/mol. The molecule has 6 nitrogen and oxygen atoms in total. The molecule has 2 fully saturated rings. The lowest BCUT2D eigenvalue weighted by Crippen LogP contribution is -2.57. The molecule has 124 valence electrons. The quantitative estimate of drug-likeness (QED) is 0.892. The van der Waals surface area contributed by atoms with E-state index in [4.69, 9.17) is 11.6 Å². The number of hydrogen-bond donors (Lipinski definition) is 1. The summed E-state index contributed by atoms with van der Waals surface area (Å²) in [5.41, 5.74) is 0. The van der Waals surface area contributed by atoms with Crippen LogP contribution in [0.25, 0.3) is 0 Å². The van der Waals surface area contributed by atoms with Crippen LogP contribution in [0.1, 0.15) is 25.7 Å². The van der Waals surface area contributed by atoms with Crippen LogP contribution in [0.3, 0.4) is 0 Å². The van der Waals surface area contributed by atoms with E-state index in [1.54, 1.807) is 0 Å². The molecule has 0 aliphatic carbocycles. The average Bonchev–Trinajstić information content (AvgIpc) is 2.45. The minimum Gasteiger partial charge on any atom is -0.481 e. The Hall–Kier alpha value is -1.44. The molecular formula is C15H16ClNO5S. The van der Waals surface area contributed by atoms with Gasteiger partial charge in [-0.2, -0.15) is 4.31 Å². The number of rotatable bonds is 3. The predicted octanol–water partition coefficient (Wildman–Crippen LogP) is 1.93. The summed E-state index contributed by atoms with van der Waals surface area (Å²) in [6.07, 6.45) is 0.495. The number of aliphatic carboxylic acids is 1. The maximum absolute atomic E-state index is 12.9. The van der Waals surface area contributed by atoms with E-state index in [1.807, 2.05) is 0 Å². The summed E-state index contributed by atoms with van der Waals surface area (Å²) in [6, 6.07) is 4.68. The smallest absolute Gasteiger partial charge is 0.306 e. The standard InChI is InChI=1S/C15H16ClNO5S/c16-10-1-3-14(4-2-10)23(21,22)17-11-5-9(15(19)20)6-12(17)8-13(18)7-11/h1-4,9,11-12H,5-8H2,(H,19,20). The molecule has 1 aromatic carbocycles. The first-order valence-corrected chi connectivity index (χ1v) is 9.14. The molecule has 2 saturated heterocycles. The molecule has 0 spiro atoms. The van der Waals surface area contributed by atoms with E-state index < -0.39 is 34.0 Å². The normalized spacial score (nSPS) is 28.6. The van der Waals surface area contributed by atoms with Crippen LogP contribution < -0.4 is 0 Å². The molecule has 0 radical (unpaired) electrons. The molecule has 2 unspecified atom stereocenters. The summed E-state index contributed by atoms with van der Waals surface area (Å²) in [6.45, 7) is 0. The summed E-state index contributed by atoms with van der Waals surface area (Å²) >= 11 is 5.80. The van der Waals surface area contributed by atoms with Gasteiger partial charge in [0.05, 0.1) is 10.8 Å². The molecule has 1 aromatic rings. The molecule has 3 rings (SSSR count). The molecule has 1 N–H and O–H groups in total. The van der Waals surface area contributed by atoms with Crippen molar-refractivity contribution < 1.29 is 23.1 Å². The highest BCUT2D eigenvalue weighted by Crippen LogP contribution is 2.39. The Balaban J connectivity index is 1.97. The number of carbonyl (C=O) groups excluding carboxylic acids is 1. The molecule has 0 amide bonds. The summed E-state index contributed by atoms with van der Waals surface area (Å²) in [4.78, 5) is 23.2. The highest BCUT2D eigenvalue weighted by atomic mass is 35.5. The van der Waals surface area contributed by atoms with Crippen LogP contribution >= 0.6 is 11.6 Å². The molecule has 0 saturated carbocycles. The van der Waals surface area contributed by atoms with Gasteiger partial charge in [-0.25, -0.2) is 8.42 Å². The van der Waals surface area contributed by atoms with Crippen LogP contribution in [0.4, 0.5) is 0 Å². The Bertz CT molecular complexity index is 728. The second kappa shape index (κ2) is 5.89. The lowest BCUT2D eigenvalue weighted by Gasteiger charge is -2.46. The topological polar surface area (TPSA) is 91.8 Å². The Morgan fingerprint density at radius 3 is 2.13 bits per heavy atom. The van der Waals surface area contributed by atoms with Crippen molar-refractivity contribution >= 4 is 33.4 Å². The number of hydrogen-bond acceptors (Lipinski definition) is 4. The first-order chi connectivity index (χ1) is 10.8. The van der Waals surface area contributed by atoms with Crippen LogP contribution in [0.2, 0.25) is 5.02 Å². The van der Waals surface area contributed by atoms with E-state index in [0.717, 1.165) is 0 Å². The molecule has 8 heteroatoms. The van der Waals surface area contributed by atoms with Crippen LogP contribution in [0.15, 0.2) is 29.2 Å². The van der Waals surface area contributed by atoms with Crippen LogP contribution in [-0.4, -0.2) is 41.7 Å². The van der Waals surface area contributed by atoms with Gasteiger partial charge in [0.15, 0.2) is 0 Å². The molecule has 2 heterocycles. The first kappa shape index (κ1) is 16.4. The van der Waals surface area contributed by atoms with E-state index >= 15 is 0 Å². The maximum Gasteiger partial charge on any atom is 0.306 e. The van der Waals surface area contributed by atoms with Gasteiger partial charge in [0.1, 0.15) is 5.78 Å². The van der Waals surface area contributed by atoms with Crippen LogP contribution in [0, 0.1) is 5.92 Å². The van der Waals surface area contributed by atoms with Crippen molar-refractivity contribution in [3.63, 3.8) is 0 Å². The number of halogens is 1. The number of fused-ring (bicyclic) bond motifs is 2. The second-order valence-corrected chi connectivity index (χ2v) is 8.33. The summed E-state index contributed by atoms with van der Waals surface area (Å²) in [7, 11) is -3.78. The van der Waals surface area contributed by atoms with E-state index in [9.17, 15) is 23.1 Å². The van der Waals surface area contributed by atoms with Crippen molar-refractivity contribution in [2.24, 2.45) is 5.92 Å². The van der Waals surface area contributed by atoms with Gasteiger partial charge in [-0.15, -0.1) is 0 Å². The van der Waals surface area contributed by atoms with E-state index in [-0.39, 0.29) is 36.4 Å². The van der Waals surface area contributed by atoms with Gasteiger partial charge in [0.2, 0.25) is 10.0 Å². The van der Waals surface area contributed by atoms with Gasteiger partial charge in [-0.3, -0.25) is 9.59 Å². The van der Waals surface area contributed by atoms with Crippen molar-refractivity contribution in [3.05, 3.63) is 29.3 Å². The number of benzene rings is 1. The predicted molar refractivity (Wildman–Crippen MR) is 82.7 cm³/mol. The number of carbonyl (C=O) groups is 2. The Morgan fingerprint density at radius 2 is 1.65 bits per heavy atom. The number of ketones is 1. The van der Waals surface area contributed by atoms with Gasteiger partial charge in [-0.05, 0) is 37.1 Å². The fraction of sp³-hybridized carbons (Fsp3) is 0.467. The third kappa shape index (κ3) is 3.00. The zero-order valence-corrected chi connectivity index (χ0v) is 13.8. The van der Waals surface area contributed by atoms with Gasteiger partial charge in [0.25, 0.3) is 0 Å². The van der Waals surface area contributed by atoms with Crippen LogP contribution in [0.5, 0.6) is 0 Å². The fourth-order valence-electron chi connectivity index (χ4n) is 3.54. The van der Waals surface area contributed by atoms with Crippen molar-refractivity contribution in [3.8, 4) is 0 Å². The zero-order chi connectivity index (χ0) is 16.8. The van der Waals surface area contributed by atoms with Gasteiger partial charge in [-0.1, -0.05) is 11.6 Å². The minimum atomic E-state index is -3.78. The van der Waals surface area contributed by atoms with Crippen LogP contribution in [-0.2, 0) is 19.6 Å². The molecule has 2 atom stereocenters. The maximum atomic E-state index is 12.9. The molecular weight excluding hydrogens is 342 g/mol. The Morgan fingerprint density at radius 1 is 1.13 bits per heavy atom. The molecule has 23 heavy (non-hydrogen) atoms. The third-order valence-electron chi connectivity index (χ3n) is 4.50. The highest BCUT2D eigenvalue weighted by Gasteiger charge is 2.48.